The number of alkyl carbamates (subject to hydrolysis) is 1. The van der Waals surface area contributed by atoms with Gasteiger partial charge in [0.15, 0.2) is 0 Å². The number of hydrogen-bond donors (Lipinski definition) is 2. The molecule has 0 spiro atoms. The first-order valence-electron chi connectivity index (χ1n) is 6.88. The maximum Gasteiger partial charge on any atom is 0.410 e. The van der Waals surface area contributed by atoms with E-state index in [-0.39, 0.29) is 6.54 Å². The highest BCUT2D eigenvalue weighted by Gasteiger charge is 2.26. The molecule has 0 saturated heterocycles. The number of ether oxygens (including phenoxy) is 2. The van der Waals surface area contributed by atoms with Crippen LogP contribution in [-0.2, 0) is 19.1 Å². The summed E-state index contributed by atoms with van der Waals surface area (Å²) in [7, 11) is 0. The maximum atomic E-state index is 11.5. The van der Waals surface area contributed by atoms with Gasteiger partial charge in [0.2, 0.25) is 6.29 Å². The summed E-state index contributed by atoms with van der Waals surface area (Å²) in [6, 6.07) is 0. The van der Waals surface area contributed by atoms with Gasteiger partial charge >= 0.3 is 18.0 Å². The molecule has 1 saturated carbocycles. The number of carboxylic acids is 1. The molecule has 0 aliphatic heterocycles. The second-order valence-corrected chi connectivity index (χ2v) is 6.34. The van der Waals surface area contributed by atoms with Crippen LogP contribution in [0.2, 0.25) is 0 Å². The average Bonchev–Trinajstić information content (AvgIpc) is 2.85. The van der Waals surface area contributed by atoms with Crippen molar-refractivity contribution in [3.63, 3.8) is 0 Å². The van der Waals surface area contributed by atoms with Crippen LogP contribution in [0.15, 0.2) is 0 Å². The summed E-state index contributed by atoms with van der Waals surface area (Å²) in [5, 5.41) is 11.2. The van der Waals surface area contributed by atoms with Crippen LogP contribution >= 0.6 is 11.8 Å². The number of hydrogen-bond acceptors (Lipinski definition) is 6. The zero-order valence-electron chi connectivity index (χ0n) is 12.2. The summed E-state index contributed by atoms with van der Waals surface area (Å²) in [6.45, 7) is 2.58. The van der Waals surface area contributed by atoms with Crippen molar-refractivity contribution in [1.82, 2.24) is 5.32 Å². The van der Waals surface area contributed by atoms with Crippen LogP contribution in [0.1, 0.15) is 39.5 Å². The third-order valence-corrected chi connectivity index (χ3v) is 4.52. The van der Waals surface area contributed by atoms with Gasteiger partial charge < -0.3 is 19.9 Å². The Hall–Kier alpha value is -1.44. The summed E-state index contributed by atoms with van der Waals surface area (Å²) >= 11 is 1.38. The molecule has 21 heavy (non-hydrogen) atoms. The summed E-state index contributed by atoms with van der Waals surface area (Å²) in [4.78, 5) is 33.3. The Bertz CT molecular complexity index is 383. The first kappa shape index (κ1) is 17.6. The summed E-state index contributed by atoms with van der Waals surface area (Å²) in [5.74, 6) is -1.52. The Balaban J connectivity index is 2.33. The third kappa shape index (κ3) is 7.22. The van der Waals surface area contributed by atoms with Gasteiger partial charge in [-0.3, -0.25) is 9.59 Å². The van der Waals surface area contributed by atoms with Gasteiger partial charge in [0.25, 0.3) is 0 Å². The van der Waals surface area contributed by atoms with Crippen LogP contribution < -0.4 is 5.32 Å². The van der Waals surface area contributed by atoms with E-state index in [0.29, 0.717) is 5.25 Å². The molecule has 1 aliphatic rings. The van der Waals surface area contributed by atoms with Crippen LogP contribution in [0.3, 0.4) is 0 Å². The molecule has 120 valence electrons. The van der Waals surface area contributed by atoms with Crippen LogP contribution in [0, 0.1) is 0 Å². The van der Waals surface area contributed by atoms with Crippen molar-refractivity contribution in [2.24, 2.45) is 0 Å². The number of rotatable bonds is 7. The fraction of sp³-hybridized carbons (Fsp3) is 0.769. The Morgan fingerprint density at radius 3 is 2.43 bits per heavy atom. The molecule has 0 unspecified atom stereocenters. The molecule has 0 aromatic rings. The van der Waals surface area contributed by atoms with Crippen molar-refractivity contribution in [3.05, 3.63) is 0 Å². The highest BCUT2D eigenvalue weighted by molar-refractivity contribution is 8.01. The second-order valence-electron chi connectivity index (χ2n) is 4.83. The van der Waals surface area contributed by atoms with Gasteiger partial charge in [-0.1, -0.05) is 12.8 Å². The topological polar surface area (TPSA) is 102 Å². The van der Waals surface area contributed by atoms with Gasteiger partial charge in [-0.2, -0.15) is 0 Å². The quantitative estimate of drug-likeness (QED) is 0.544. The number of esters is 1. The molecular formula is C13H21NO6S. The molecule has 7 nitrogen and oxygen atoms in total. The summed E-state index contributed by atoms with van der Waals surface area (Å²) < 4.78 is 9.41. The Morgan fingerprint density at radius 2 is 1.90 bits per heavy atom. The van der Waals surface area contributed by atoms with Gasteiger partial charge in [0.05, 0.1) is 0 Å². The first-order chi connectivity index (χ1) is 9.88. The number of nitrogens with one attached hydrogen (secondary N) is 1. The fourth-order valence-corrected chi connectivity index (χ4v) is 3.44. The minimum Gasteiger partial charge on any atom is -0.480 e. The van der Waals surface area contributed by atoms with Gasteiger partial charge in [-0.25, -0.2) is 4.79 Å². The average molecular weight is 319 g/mol. The number of thioether (sulfide) groups is 1. The zero-order chi connectivity index (χ0) is 15.8. The van der Waals surface area contributed by atoms with Crippen LogP contribution in [0.5, 0.6) is 0 Å². The lowest BCUT2D eigenvalue weighted by atomic mass is 10.4. The number of carbonyl (C=O) groups is 3. The van der Waals surface area contributed by atoms with Gasteiger partial charge in [-0.15, -0.1) is 11.8 Å². The molecule has 1 rings (SSSR count). The zero-order valence-corrected chi connectivity index (χ0v) is 13.0. The minimum atomic E-state index is -1.01. The molecule has 1 aliphatic carbocycles. The number of amides is 1. The van der Waals surface area contributed by atoms with E-state index >= 15 is 0 Å². The normalized spacial score (nSPS) is 17.8. The second kappa shape index (κ2) is 8.76. The molecule has 2 N–H and O–H groups in total. The molecule has 0 radical (unpaired) electrons. The van der Waals surface area contributed by atoms with E-state index in [1.54, 1.807) is 0 Å². The van der Waals surface area contributed by atoms with Crippen molar-refractivity contribution in [3.8, 4) is 0 Å². The van der Waals surface area contributed by atoms with Crippen molar-refractivity contribution in [1.29, 1.82) is 0 Å². The minimum absolute atomic E-state index is 0.0257. The van der Waals surface area contributed by atoms with Crippen LogP contribution in [0.4, 0.5) is 4.79 Å². The third-order valence-electron chi connectivity index (χ3n) is 2.97. The Morgan fingerprint density at radius 1 is 1.29 bits per heavy atom. The largest absolute Gasteiger partial charge is 0.480 e. The number of carboxylic acid groups (broad SMARTS) is 1. The van der Waals surface area contributed by atoms with Crippen molar-refractivity contribution in [2.75, 3.05) is 6.54 Å². The van der Waals surface area contributed by atoms with E-state index in [0.717, 1.165) is 25.7 Å². The molecule has 0 bridgehead atoms. The molecule has 0 aromatic carbocycles. The first-order valence-corrected chi connectivity index (χ1v) is 7.82. The predicted molar refractivity (Wildman–Crippen MR) is 77.0 cm³/mol. The summed E-state index contributed by atoms with van der Waals surface area (Å²) in [6.07, 6.45) is 2.47. The van der Waals surface area contributed by atoms with E-state index in [9.17, 15) is 14.4 Å². The van der Waals surface area contributed by atoms with Gasteiger partial charge in [0, 0.05) is 25.6 Å². The maximum absolute atomic E-state index is 11.5. The van der Waals surface area contributed by atoms with Crippen molar-refractivity contribution < 1.29 is 29.0 Å². The monoisotopic (exact) mass is 319 g/mol. The van der Waals surface area contributed by atoms with Crippen LogP contribution in [-0.4, -0.2) is 46.5 Å². The lowest BCUT2D eigenvalue weighted by Crippen LogP contribution is -2.37. The molecule has 0 heterocycles. The fourth-order valence-electron chi connectivity index (χ4n) is 2.08. The molecule has 1 amide bonds. The van der Waals surface area contributed by atoms with Crippen molar-refractivity contribution in [2.45, 2.75) is 56.3 Å². The number of aliphatic carboxylic acids is 1. The highest BCUT2D eigenvalue weighted by Crippen LogP contribution is 2.32. The van der Waals surface area contributed by atoms with Gasteiger partial charge in [0.1, 0.15) is 5.25 Å². The highest BCUT2D eigenvalue weighted by atomic mass is 32.2. The molecule has 2 atom stereocenters. The van der Waals surface area contributed by atoms with Crippen molar-refractivity contribution >= 4 is 29.8 Å². The molecule has 0 aromatic heterocycles. The van der Waals surface area contributed by atoms with E-state index in [1.807, 2.05) is 0 Å². The molecule has 1 fully saturated rings. The van der Waals surface area contributed by atoms with E-state index in [2.05, 4.69) is 10.1 Å². The van der Waals surface area contributed by atoms with Crippen LogP contribution in [0.25, 0.3) is 0 Å². The Labute approximate surface area is 127 Å². The Kier molecular flexibility index (Phi) is 7.35. The van der Waals surface area contributed by atoms with E-state index in [4.69, 9.17) is 9.84 Å². The lowest BCUT2D eigenvalue weighted by molar-refractivity contribution is -0.162. The van der Waals surface area contributed by atoms with Gasteiger partial charge in [-0.05, 0) is 12.8 Å². The molecular weight excluding hydrogens is 298 g/mol. The summed E-state index contributed by atoms with van der Waals surface area (Å²) in [5.41, 5.74) is 0. The number of carbonyl (C=O) groups excluding carboxylic acids is 2. The standard InChI is InChI=1S/C13H21NO6S/c1-8(15)19-9(2)20-13(18)14-7-11(12(16)17)21-10-5-3-4-6-10/h9-11H,3-7H2,1-2H3,(H,14,18)(H,16,17)/t9-,11-/m0/s1. The molecule has 8 heteroatoms. The predicted octanol–water partition coefficient (Wildman–Crippen LogP) is 1.75. The lowest BCUT2D eigenvalue weighted by Gasteiger charge is -2.18. The SMILES string of the molecule is CC(=O)O[C@H](C)OC(=O)NC[C@H](SC1CCCC1)C(=O)O. The van der Waals surface area contributed by atoms with E-state index in [1.165, 1.54) is 25.6 Å². The van der Waals surface area contributed by atoms with E-state index < -0.39 is 29.6 Å². The smallest absolute Gasteiger partial charge is 0.410 e.